The second-order valence-corrected chi connectivity index (χ2v) is 17.5. The lowest BCUT2D eigenvalue weighted by Crippen LogP contribution is -2.46. The van der Waals surface area contributed by atoms with E-state index >= 15 is 0 Å². The van der Waals surface area contributed by atoms with Gasteiger partial charge in [-0.05, 0) is 83.5 Å². The molecular formula is C48H46ClN5O7S. The van der Waals surface area contributed by atoms with Gasteiger partial charge in [0.2, 0.25) is 0 Å². The molecule has 6 aromatic carbocycles. The standard InChI is InChI=1S/C48H46ClN5O7S/c49-38-16-14-36(15-17-38)41-11-5-4-10-37(41)33-52-24-26-53(27-25-52)39-18-20-43(47(30-39)61-46-13-7-6-12-42(46)35-8-2-1-3-9-35)48(55)51-62(58,59)40-19-21-44(45(31-40)54(56)57)50-32-34-22-28-60-29-23-34/h1-21,30-31,34,50H,22-29,32-33H2,(H,51,55). The van der Waals surface area contributed by atoms with Crippen LogP contribution in [0.4, 0.5) is 17.1 Å². The highest BCUT2D eigenvalue weighted by Gasteiger charge is 2.27. The molecule has 0 aromatic heterocycles. The third kappa shape index (κ3) is 10.1. The number of nitro benzene ring substituents is 1. The number of piperazine rings is 1. The normalized spacial score (nSPS) is 14.9. The van der Waals surface area contributed by atoms with Gasteiger partial charge in [0.15, 0.2) is 0 Å². The number of amides is 1. The van der Waals surface area contributed by atoms with E-state index < -0.39 is 31.4 Å². The van der Waals surface area contributed by atoms with Crippen molar-refractivity contribution in [3.05, 3.63) is 166 Å². The number of nitrogens with zero attached hydrogens (tertiary/aromatic N) is 3. The summed E-state index contributed by atoms with van der Waals surface area (Å²) in [6.07, 6.45) is 1.64. The lowest BCUT2D eigenvalue weighted by Gasteiger charge is -2.36. The molecule has 0 radical (unpaired) electrons. The molecule has 0 bridgehead atoms. The molecule has 0 spiro atoms. The number of hydrogen-bond acceptors (Lipinski definition) is 10. The largest absolute Gasteiger partial charge is 0.456 e. The summed E-state index contributed by atoms with van der Waals surface area (Å²) in [6, 6.07) is 42.0. The van der Waals surface area contributed by atoms with Crippen molar-refractivity contribution in [3.63, 3.8) is 0 Å². The third-order valence-electron chi connectivity index (χ3n) is 11.3. The summed E-state index contributed by atoms with van der Waals surface area (Å²) in [5, 5.41) is 15.9. The van der Waals surface area contributed by atoms with Gasteiger partial charge in [0, 0.05) is 80.9 Å². The molecule has 1 amide bonds. The summed E-state index contributed by atoms with van der Waals surface area (Å²) in [7, 11) is -4.57. The molecule has 14 heteroatoms. The maximum absolute atomic E-state index is 14.1. The van der Waals surface area contributed by atoms with E-state index in [2.05, 4.69) is 38.0 Å². The van der Waals surface area contributed by atoms with Gasteiger partial charge >= 0.3 is 0 Å². The Morgan fingerprint density at radius 3 is 2.19 bits per heavy atom. The predicted molar refractivity (Wildman–Crippen MR) is 243 cm³/mol. The fourth-order valence-corrected chi connectivity index (χ4v) is 9.02. The molecule has 0 atom stereocenters. The SMILES string of the molecule is O=C(NS(=O)(=O)c1ccc(NCC2CCOCC2)c([N+](=O)[O-])c1)c1ccc(N2CCN(Cc3ccccc3-c3ccc(Cl)cc3)CC2)cc1Oc1ccccc1-c1ccccc1. The summed E-state index contributed by atoms with van der Waals surface area (Å²) in [6.45, 7) is 5.44. The van der Waals surface area contributed by atoms with Crippen LogP contribution in [0.3, 0.4) is 0 Å². The van der Waals surface area contributed by atoms with Crippen LogP contribution >= 0.6 is 11.6 Å². The number of benzene rings is 6. The second kappa shape index (κ2) is 19.2. The van der Waals surface area contributed by atoms with E-state index in [-0.39, 0.29) is 22.9 Å². The number of sulfonamides is 1. The van der Waals surface area contributed by atoms with Crippen molar-refractivity contribution >= 4 is 44.6 Å². The first-order valence-corrected chi connectivity index (χ1v) is 22.4. The smallest absolute Gasteiger partial charge is 0.293 e. The van der Waals surface area contributed by atoms with E-state index in [0.717, 1.165) is 66.5 Å². The van der Waals surface area contributed by atoms with Gasteiger partial charge in [-0.15, -0.1) is 0 Å². The van der Waals surface area contributed by atoms with E-state index in [1.54, 1.807) is 24.3 Å². The molecule has 0 unspecified atom stereocenters. The fourth-order valence-electron chi connectivity index (χ4n) is 7.90. The fraction of sp³-hybridized carbons (Fsp3) is 0.229. The van der Waals surface area contributed by atoms with Crippen LogP contribution in [0.25, 0.3) is 22.3 Å². The molecule has 2 N–H and O–H groups in total. The highest BCUT2D eigenvalue weighted by Crippen LogP contribution is 2.37. The topological polar surface area (TPSA) is 143 Å². The summed E-state index contributed by atoms with van der Waals surface area (Å²) in [5.74, 6) is -0.0576. The molecule has 2 heterocycles. The molecule has 62 heavy (non-hydrogen) atoms. The molecule has 0 saturated carbocycles. The van der Waals surface area contributed by atoms with Crippen molar-refractivity contribution in [1.82, 2.24) is 9.62 Å². The Morgan fingerprint density at radius 1 is 0.774 bits per heavy atom. The van der Waals surface area contributed by atoms with Crippen LogP contribution in [0, 0.1) is 16.0 Å². The quantitative estimate of drug-likeness (QED) is 0.0803. The summed E-state index contributed by atoms with van der Waals surface area (Å²) < 4.78 is 41.6. The van der Waals surface area contributed by atoms with Crippen LogP contribution in [0.15, 0.2) is 144 Å². The minimum Gasteiger partial charge on any atom is -0.456 e. The van der Waals surface area contributed by atoms with Gasteiger partial charge in [-0.1, -0.05) is 96.5 Å². The van der Waals surface area contributed by atoms with Gasteiger partial charge in [0.25, 0.3) is 21.6 Å². The Kier molecular flexibility index (Phi) is 13.1. The van der Waals surface area contributed by atoms with Gasteiger partial charge in [-0.2, -0.15) is 0 Å². The van der Waals surface area contributed by atoms with E-state index in [1.165, 1.54) is 17.7 Å². The van der Waals surface area contributed by atoms with Crippen LogP contribution in [0.2, 0.25) is 5.02 Å². The van der Waals surface area contributed by atoms with Crippen molar-refractivity contribution in [2.75, 3.05) is 56.2 Å². The highest BCUT2D eigenvalue weighted by molar-refractivity contribution is 7.90. The number of carbonyl (C=O) groups excluding carboxylic acids is 1. The molecule has 0 aliphatic carbocycles. The zero-order chi connectivity index (χ0) is 43.1. The van der Waals surface area contributed by atoms with E-state index in [9.17, 15) is 23.3 Å². The highest BCUT2D eigenvalue weighted by atomic mass is 35.5. The molecule has 2 aliphatic heterocycles. The van der Waals surface area contributed by atoms with Crippen LogP contribution in [0.5, 0.6) is 11.5 Å². The van der Waals surface area contributed by atoms with Crippen LogP contribution in [0.1, 0.15) is 28.8 Å². The molecule has 2 fully saturated rings. The number of nitrogens with one attached hydrogen (secondary N) is 2. The van der Waals surface area contributed by atoms with Gasteiger partial charge in [0.1, 0.15) is 17.2 Å². The number of ether oxygens (including phenoxy) is 2. The minimum absolute atomic E-state index is 0.0260. The lowest BCUT2D eigenvalue weighted by atomic mass is 9.99. The average Bonchev–Trinajstić information content (AvgIpc) is 3.29. The number of para-hydroxylation sites is 1. The second-order valence-electron chi connectivity index (χ2n) is 15.4. The van der Waals surface area contributed by atoms with E-state index in [0.29, 0.717) is 43.6 Å². The number of anilines is 2. The molecule has 8 rings (SSSR count). The molecular weight excluding hydrogens is 826 g/mol. The molecule has 2 aliphatic rings. The Balaban J connectivity index is 1.03. The van der Waals surface area contributed by atoms with Crippen molar-refractivity contribution in [1.29, 1.82) is 0 Å². The summed E-state index contributed by atoms with van der Waals surface area (Å²) >= 11 is 6.17. The summed E-state index contributed by atoms with van der Waals surface area (Å²) in [5.41, 5.74) is 5.72. The lowest BCUT2D eigenvalue weighted by molar-refractivity contribution is -0.384. The number of rotatable bonds is 14. The Hall–Kier alpha value is -6.25. The van der Waals surface area contributed by atoms with Gasteiger partial charge in [0.05, 0.1) is 15.4 Å². The van der Waals surface area contributed by atoms with Gasteiger partial charge < -0.3 is 19.7 Å². The summed E-state index contributed by atoms with van der Waals surface area (Å²) in [4.78, 5) is 29.7. The van der Waals surface area contributed by atoms with Crippen LogP contribution < -0.4 is 19.7 Å². The van der Waals surface area contributed by atoms with E-state index in [1.807, 2.05) is 78.9 Å². The van der Waals surface area contributed by atoms with Gasteiger partial charge in [-0.25, -0.2) is 13.1 Å². The van der Waals surface area contributed by atoms with Crippen LogP contribution in [-0.4, -0.2) is 70.1 Å². The average molecular weight is 872 g/mol. The maximum Gasteiger partial charge on any atom is 0.293 e. The zero-order valence-corrected chi connectivity index (χ0v) is 35.5. The molecule has 12 nitrogen and oxygen atoms in total. The first-order chi connectivity index (χ1) is 30.1. The monoisotopic (exact) mass is 871 g/mol. The Bertz CT molecular complexity index is 2650. The first kappa shape index (κ1) is 42.4. The van der Waals surface area contributed by atoms with Crippen LogP contribution in [-0.2, 0) is 21.3 Å². The van der Waals surface area contributed by atoms with Crippen molar-refractivity contribution in [2.45, 2.75) is 24.3 Å². The van der Waals surface area contributed by atoms with E-state index in [4.69, 9.17) is 21.1 Å². The van der Waals surface area contributed by atoms with Gasteiger partial charge in [-0.3, -0.25) is 19.8 Å². The Morgan fingerprint density at radius 2 is 1.45 bits per heavy atom. The molecule has 318 valence electrons. The zero-order valence-electron chi connectivity index (χ0n) is 33.9. The third-order valence-corrected chi connectivity index (χ3v) is 12.9. The van der Waals surface area contributed by atoms with Crippen molar-refractivity contribution in [2.24, 2.45) is 5.92 Å². The predicted octanol–water partition coefficient (Wildman–Crippen LogP) is 9.65. The number of nitro groups is 1. The molecule has 2 saturated heterocycles. The number of carbonyl (C=O) groups is 1. The maximum atomic E-state index is 14.1. The molecule has 6 aromatic rings. The van der Waals surface area contributed by atoms with Crippen molar-refractivity contribution in [3.8, 4) is 33.8 Å². The number of hydrogen-bond donors (Lipinski definition) is 2. The number of halogens is 1. The minimum atomic E-state index is -4.57. The van der Waals surface area contributed by atoms with Crippen molar-refractivity contribution < 1.29 is 27.6 Å². The first-order valence-electron chi connectivity index (χ1n) is 20.6. The Labute approximate surface area is 366 Å².